The Morgan fingerprint density at radius 2 is 1.67 bits per heavy atom. The monoisotopic (exact) mass is 405 g/mol. The molecule has 0 bridgehead atoms. The second-order valence-corrected chi connectivity index (χ2v) is 9.30. The highest BCUT2D eigenvalue weighted by atomic mass is 19.1. The van der Waals surface area contributed by atoms with E-state index in [1.165, 1.54) is 74.0 Å². The molecule has 30 heavy (non-hydrogen) atoms. The maximum atomic E-state index is 13.2. The Bertz CT molecular complexity index is 985. The Kier molecular flexibility index (Phi) is 5.62. The van der Waals surface area contributed by atoms with E-state index in [0.717, 1.165) is 12.5 Å². The maximum Gasteiger partial charge on any atom is 0.123 e. The van der Waals surface area contributed by atoms with Crippen LogP contribution in [0, 0.1) is 11.7 Å². The third kappa shape index (κ3) is 4.17. The Balaban J connectivity index is 1.13. The van der Waals surface area contributed by atoms with Gasteiger partial charge in [-0.25, -0.2) is 4.39 Å². The van der Waals surface area contributed by atoms with Gasteiger partial charge in [-0.2, -0.15) is 0 Å². The molecule has 0 radical (unpaired) electrons. The molecule has 0 aliphatic carbocycles. The Labute approximate surface area is 179 Å². The van der Waals surface area contributed by atoms with Crippen LogP contribution >= 0.6 is 0 Å². The van der Waals surface area contributed by atoms with Crippen molar-refractivity contribution >= 4 is 10.9 Å². The molecule has 0 N–H and O–H groups in total. The molecular formula is C26H32FN3. The molecule has 4 heteroatoms. The van der Waals surface area contributed by atoms with Crippen molar-refractivity contribution in [1.82, 2.24) is 14.4 Å². The molecule has 0 spiro atoms. The molecule has 1 atom stereocenters. The highest BCUT2D eigenvalue weighted by molar-refractivity contribution is 5.83. The van der Waals surface area contributed by atoms with Gasteiger partial charge in [0.15, 0.2) is 0 Å². The minimum absolute atomic E-state index is 0.134. The van der Waals surface area contributed by atoms with Gasteiger partial charge in [-0.3, -0.25) is 4.90 Å². The summed E-state index contributed by atoms with van der Waals surface area (Å²) in [5, 5.41) is 1.34. The lowest BCUT2D eigenvalue weighted by molar-refractivity contribution is 0.181. The molecular weight excluding hydrogens is 373 g/mol. The van der Waals surface area contributed by atoms with Crippen LogP contribution in [0.25, 0.3) is 10.9 Å². The molecule has 3 nitrogen and oxygen atoms in total. The molecule has 1 aromatic heterocycles. The van der Waals surface area contributed by atoms with Crippen LogP contribution in [0.4, 0.5) is 4.39 Å². The topological polar surface area (TPSA) is 11.4 Å². The quantitative estimate of drug-likeness (QED) is 0.591. The van der Waals surface area contributed by atoms with E-state index in [1.54, 1.807) is 12.1 Å². The first-order valence-electron chi connectivity index (χ1n) is 11.4. The number of likely N-dealkylation sites (tertiary alicyclic amines) is 2. The number of fused-ring (bicyclic) bond motifs is 1. The molecule has 2 fully saturated rings. The fraction of sp³-hybridized carbons (Fsp3) is 0.462. The van der Waals surface area contributed by atoms with Crippen molar-refractivity contribution in [3.63, 3.8) is 0 Å². The summed E-state index contributed by atoms with van der Waals surface area (Å²) in [5.41, 5.74) is 4.13. The van der Waals surface area contributed by atoms with Gasteiger partial charge >= 0.3 is 0 Å². The number of aromatic nitrogens is 1. The van der Waals surface area contributed by atoms with E-state index in [2.05, 4.69) is 51.9 Å². The molecule has 0 saturated carbocycles. The van der Waals surface area contributed by atoms with E-state index in [4.69, 9.17) is 0 Å². The number of aryl methyl sites for hydroxylation is 1. The Morgan fingerprint density at radius 3 is 2.47 bits per heavy atom. The van der Waals surface area contributed by atoms with Gasteiger partial charge in [0.05, 0.1) is 5.52 Å². The first-order chi connectivity index (χ1) is 14.7. The van der Waals surface area contributed by atoms with Crippen LogP contribution in [0.1, 0.15) is 36.3 Å². The summed E-state index contributed by atoms with van der Waals surface area (Å²) < 4.78 is 15.4. The fourth-order valence-corrected chi connectivity index (χ4v) is 5.57. The number of nitrogens with zero attached hydrogens (tertiary/aromatic N) is 3. The summed E-state index contributed by atoms with van der Waals surface area (Å²) in [6.45, 7) is 7.03. The fourth-order valence-electron chi connectivity index (χ4n) is 5.57. The van der Waals surface area contributed by atoms with Gasteiger partial charge in [-0.1, -0.05) is 30.3 Å². The SMILES string of the molecule is Cn1ccc2cccc(CN3CC[C@H](CN4CCC(c5ccc(F)cc5)CC4)C3)c21. The van der Waals surface area contributed by atoms with E-state index in [1.807, 2.05) is 12.1 Å². The number of para-hydroxylation sites is 1. The number of rotatable bonds is 5. The average Bonchev–Trinajstić information content (AvgIpc) is 3.36. The second-order valence-electron chi connectivity index (χ2n) is 9.30. The Hall–Kier alpha value is -2.17. The molecule has 2 saturated heterocycles. The van der Waals surface area contributed by atoms with E-state index in [-0.39, 0.29) is 5.82 Å². The zero-order chi connectivity index (χ0) is 20.5. The maximum absolute atomic E-state index is 13.2. The summed E-state index contributed by atoms with van der Waals surface area (Å²) in [6.07, 6.45) is 5.85. The molecule has 0 unspecified atom stereocenters. The molecule has 2 aromatic carbocycles. The van der Waals surface area contributed by atoms with Gasteiger partial charge in [0.25, 0.3) is 0 Å². The third-order valence-corrected chi connectivity index (χ3v) is 7.19. The van der Waals surface area contributed by atoms with Crippen molar-refractivity contribution in [3.8, 4) is 0 Å². The molecule has 158 valence electrons. The summed E-state index contributed by atoms with van der Waals surface area (Å²) in [5.74, 6) is 1.23. The normalized spacial score (nSPS) is 21.6. The summed E-state index contributed by atoms with van der Waals surface area (Å²) >= 11 is 0. The lowest BCUT2D eigenvalue weighted by Crippen LogP contribution is -2.37. The van der Waals surface area contributed by atoms with Gasteiger partial charge in [-0.15, -0.1) is 0 Å². The van der Waals surface area contributed by atoms with Crippen LogP contribution in [-0.4, -0.2) is 47.1 Å². The van der Waals surface area contributed by atoms with Crippen molar-refractivity contribution in [3.05, 3.63) is 71.7 Å². The van der Waals surface area contributed by atoms with Crippen LogP contribution in [0.2, 0.25) is 0 Å². The zero-order valence-corrected chi connectivity index (χ0v) is 17.9. The zero-order valence-electron chi connectivity index (χ0n) is 17.9. The van der Waals surface area contributed by atoms with Crippen molar-refractivity contribution in [2.45, 2.75) is 31.7 Å². The number of halogens is 1. The summed E-state index contributed by atoms with van der Waals surface area (Å²) in [7, 11) is 2.15. The van der Waals surface area contributed by atoms with Gasteiger partial charge in [0.2, 0.25) is 0 Å². The van der Waals surface area contributed by atoms with Gasteiger partial charge < -0.3 is 9.47 Å². The third-order valence-electron chi connectivity index (χ3n) is 7.19. The first kappa shape index (κ1) is 19.8. The predicted molar refractivity (Wildman–Crippen MR) is 121 cm³/mol. The largest absolute Gasteiger partial charge is 0.350 e. The van der Waals surface area contributed by atoms with E-state index in [0.29, 0.717) is 5.92 Å². The van der Waals surface area contributed by atoms with E-state index >= 15 is 0 Å². The van der Waals surface area contributed by atoms with Crippen molar-refractivity contribution in [2.24, 2.45) is 13.0 Å². The van der Waals surface area contributed by atoms with Crippen molar-refractivity contribution < 1.29 is 4.39 Å². The van der Waals surface area contributed by atoms with Gasteiger partial charge in [0, 0.05) is 32.9 Å². The minimum Gasteiger partial charge on any atom is -0.350 e. The minimum atomic E-state index is -0.134. The standard InChI is InChI=1S/C26H32FN3/c1-28-13-10-23-3-2-4-24(26(23)28)19-30-14-9-20(18-30)17-29-15-11-22(12-16-29)21-5-7-25(27)8-6-21/h2-8,10,13,20,22H,9,11-12,14-19H2,1H3/t20-/m1/s1. The molecule has 2 aliphatic heterocycles. The Morgan fingerprint density at radius 1 is 0.900 bits per heavy atom. The van der Waals surface area contributed by atoms with E-state index < -0.39 is 0 Å². The smallest absolute Gasteiger partial charge is 0.123 e. The van der Waals surface area contributed by atoms with Gasteiger partial charge in [0.1, 0.15) is 5.82 Å². The lowest BCUT2D eigenvalue weighted by atomic mass is 9.89. The van der Waals surface area contributed by atoms with Gasteiger partial charge in [-0.05, 0) is 85.4 Å². The van der Waals surface area contributed by atoms with Crippen LogP contribution in [0.5, 0.6) is 0 Å². The second kappa shape index (κ2) is 8.52. The van der Waals surface area contributed by atoms with Crippen LogP contribution in [-0.2, 0) is 13.6 Å². The molecule has 2 aliphatic rings. The number of hydrogen-bond acceptors (Lipinski definition) is 2. The molecule has 5 rings (SSSR count). The van der Waals surface area contributed by atoms with Crippen molar-refractivity contribution in [2.75, 3.05) is 32.7 Å². The predicted octanol–water partition coefficient (Wildman–Crippen LogP) is 5.02. The number of piperidine rings is 1. The van der Waals surface area contributed by atoms with Crippen LogP contribution in [0.3, 0.4) is 0 Å². The average molecular weight is 406 g/mol. The first-order valence-corrected chi connectivity index (χ1v) is 11.4. The number of benzene rings is 2. The van der Waals surface area contributed by atoms with E-state index in [9.17, 15) is 4.39 Å². The van der Waals surface area contributed by atoms with Crippen LogP contribution in [0.15, 0.2) is 54.7 Å². The number of hydrogen-bond donors (Lipinski definition) is 0. The lowest BCUT2D eigenvalue weighted by Gasteiger charge is -2.33. The molecule has 0 amide bonds. The molecule has 3 aromatic rings. The van der Waals surface area contributed by atoms with Crippen LogP contribution < -0.4 is 0 Å². The summed E-state index contributed by atoms with van der Waals surface area (Å²) in [6, 6.07) is 16.0. The molecule has 3 heterocycles. The highest BCUT2D eigenvalue weighted by Crippen LogP contribution is 2.30. The van der Waals surface area contributed by atoms with Crippen molar-refractivity contribution in [1.29, 1.82) is 0 Å². The highest BCUT2D eigenvalue weighted by Gasteiger charge is 2.27. The summed E-state index contributed by atoms with van der Waals surface area (Å²) in [4.78, 5) is 5.30.